The van der Waals surface area contributed by atoms with Crippen LogP contribution >= 0.6 is 0 Å². The molecule has 3 N–H and O–H groups in total. The summed E-state index contributed by atoms with van der Waals surface area (Å²) in [7, 11) is 0. The van der Waals surface area contributed by atoms with Gasteiger partial charge in [-0.05, 0) is 6.08 Å². The molecule has 23 heavy (non-hydrogen) atoms. The van der Waals surface area contributed by atoms with Gasteiger partial charge in [-0.25, -0.2) is 14.4 Å². The van der Waals surface area contributed by atoms with Crippen molar-refractivity contribution in [2.75, 3.05) is 6.61 Å². The van der Waals surface area contributed by atoms with Gasteiger partial charge in [-0.3, -0.25) is 4.79 Å². The molecule has 0 saturated carbocycles. The minimum absolute atomic E-state index is 0.281. The van der Waals surface area contributed by atoms with Crippen LogP contribution in [0.5, 0.6) is 0 Å². The van der Waals surface area contributed by atoms with Crippen LogP contribution < -0.4 is 0 Å². The Morgan fingerprint density at radius 3 is 2.35 bits per heavy atom. The highest BCUT2D eigenvalue weighted by Gasteiger charge is 2.46. The first kappa shape index (κ1) is 18.1. The molecule has 1 rings (SSSR count). The van der Waals surface area contributed by atoms with Crippen molar-refractivity contribution < 1.29 is 39.2 Å². The molecule has 2 atom stereocenters. The molecule has 2 unspecified atom stereocenters. The summed E-state index contributed by atoms with van der Waals surface area (Å²) in [5.74, 6) is -5.82. The fourth-order valence-corrected chi connectivity index (χ4v) is 2.28. The third kappa shape index (κ3) is 3.65. The highest BCUT2D eigenvalue weighted by molar-refractivity contribution is 6.02. The van der Waals surface area contributed by atoms with Crippen LogP contribution in [0.4, 0.5) is 0 Å². The fourth-order valence-electron chi connectivity index (χ4n) is 2.28. The third-order valence-corrected chi connectivity index (χ3v) is 3.75. The van der Waals surface area contributed by atoms with E-state index in [1.807, 2.05) is 0 Å². The van der Waals surface area contributed by atoms with Crippen molar-refractivity contribution in [2.45, 2.75) is 13.3 Å². The van der Waals surface area contributed by atoms with Gasteiger partial charge in [-0.1, -0.05) is 19.6 Å². The molecule has 8 nitrogen and oxygen atoms in total. The average molecular weight is 324 g/mol. The van der Waals surface area contributed by atoms with Gasteiger partial charge in [0.1, 0.15) is 0 Å². The van der Waals surface area contributed by atoms with E-state index in [0.717, 1.165) is 18.2 Å². The molecule has 0 bridgehead atoms. The zero-order chi connectivity index (χ0) is 17.8. The van der Waals surface area contributed by atoms with Gasteiger partial charge in [-0.2, -0.15) is 0 Å². The number of carboxylic acids is 3. The Labute approximate surface area is 131 Å². The molecule has 1 aliphatic rings. The Kier molecular flexibility index (Phi) is 5.45. The zero-order valence-electron chi connectivity index (χ0n) is 12.3. The second-order valence-corrected chi connectivity index (χ2v) is 5.09. The highest BCUT2D eigenvalue weighted by Crippen LogP contribution is 2.41. The predicted octanol–water partition coefficient (Wildman–Crippen LogP) is 0.848. The summed E-state index contributed by atoms with van der Waals surface area (Å²) in [5.41, 5.74) is -2.66. The Morgan fingerprint density at radius 1 is 1.30 bits per heavy atom. The van der Waals surface area contributed by atoms with Crippen LogP contribution in [-0.2, 0) is 23.9 Å². The Morgan fingerprint density at radius 2 is 1.91 bits per heavy atom. The monoisotopic (exact) mass is 324 g/mol. The van der Waals surface area contributed by atoms with Gasteiger partial charge in [-0.15, -0.1) is 0 Å². The van der Waals surface area contributed by atoms with E-state index in [1.54, 1.807) is 0 Å². The van der Waals surface area contributed by atoms with Gasteiger partial charge in [0.15, 0.2) is 0 Å². The quantitative estimate of drug-likeness (QED) is 0.463. The van der Waals surface area contributed by atoms with E-state index in [4.69, 9.17) is 14.9 Å². The van der Waals surface area contributed by atoms with Crippen LogP contribution in [0.1, 0.15) is 13.3 Å². The predicted molar refractivity (Wildman–Crippen MR) is 76.4 cm³/mol. The second kappa shape index (κ2) is 6.91. The number of rotatable bonds is 7. The molecule has 0 spiro atoms. The SMILES string of the molecule is C=CC(=O)OCC(C)C1(C(=O)O)C=CC(C(=O)O)=C(C(=O)O)C1. The van der Waals surface area contributed by atoms with E-state index < -0.39 is 52.8 Å². The van der Waals surface area contributed by atoms with E-state index in [0.29, 0.717) is 0 Å². The van der Waals surface area contributed by atoms with Gasteiger partial charge in [0.05, 0.1) is 23.2 Å². The van der Waals surface area contributed by atoms with Crippen molar-refractivity contribution in [3.63, 3.8) is 0 Å². The molecular formula is C15H16O8. The van der Waals surface area contributed by atoms with Gasteiger partial charge in [0, 0.05) is 18.4 Å². The number of carbonyl (C=O) groups excluding carboxylic acids is 1. The third-order valence-electron chi connectivity index (χ3n) is 3.75. The lowest BCUT2D eigenvalue weighted by Crippen LogP contribution is -2.41. The summed E-state index contributed by atoms with van der Waals surface area (Å²) in [6.07, 6.45) is 2.50. The first-order chi connectivity index (χ1) is 10.7. The maximum Gasteiger partial charge on any atom is 0.336 e. The van der Waals surface area contributed by atoms with Crippen LogP contribution in [0.2, 0.25) is 0 Å². The normalized spacial score (nSPS) is 21.4. The summed E-state index contributed by atoms with van der Waals surface area (Å²) in [5, 5.41) is 27.7. The van der Waals surface area contributed by atoms with E-state index in [2.05, 4.69) is 6.58 Å². The van der Waals surface area contributed by atoms with Crippen LogP contribution in [0, 0.1) is 11.3 Å². The molecule has 0 aromatic carbocycles. The maximum absolute atomic E-state index is 11.7. The minimum Gasteiger partial charge on any atom is -0.481 e. The van der Waals surface area contributed by atoms with E-state index >= 15 is 0 Å². The van der Waals surface area contributed by atoms with Crippen molar-refractivity contribution in [2.24, 2.45) is 11.3 Å². The summed E-state index contributed by atoms with van der Waals surface area (Å²) in [4.78, 5) is 45.1. The van der Waals surface area contributed by atoms with Crippen LogP contribution in [0.25, 0.3) is 0 Å². The lowest BCUT2D eigenvalue weighted by molar-refractivity contribution is -0.153. The minimum atomic E-state index is -1.69. The average Bonchev–Trinajstić information content (AvgIpc) is 2.50. The summed E-state index contributed by atoms with van der Waals surface area (Å²) in [6, 6.07) is 0. The van der Waals surface area contributed by atoms with Gasteiger partial charge in [0.25, 0.3) is 0 Å². The highest BCUT2D eigenvalue weighted by atomic mass is 16.5. The van der Waals surface area contributed by atoms with Crippen LogP contribution in [-0.4, -0.2) is 45.8 Å². The molecule has 124 valence electrons. The number of hydrogen-bond acceptors (Lipinski definition) is 5. The van der Waals surface area contributed by atoms with Crippen molar-refractivity contribution >= 4 is 23.9 Å². The second-order valence-electron chi connectivity index (χ2n) is 5.09. The molecule has 8 heteroatoms. The fraction of sp³-hybridized carbons (Fsp3) is 0.333. The molecule has 0 aliphatic heterocycles. The summed E-state index contributed by atoms with van der Waals surface area (Å²) < 4.78 is 4.82. The molecule has 0 aromatic rings. The number of aliphatic carboxylic acids is 3. The van der Waals surface area contributed by atoms with E-state index in [9.17, 15) is 24.3 Å². The smallest absolute Gasteiger partial charge is 0.336 e. The molecule has 0 fully saturated rings. The number of esters is 1. The number of carboxylic acid groups (broad SMARTS) is 3. The van der Waals surface area contributed by atoms with E-state index in [1.165, 1.54) is 6.92 Å². The summed E-state index contributed by atoms with van der Waals surface area (Å²) in [6.45, 7) is 4.40. The first-order valence-corrected chi connectivity index (χ1v) is 6.57. The van der Waals surface area contributed by atoms with Crippen molar-refractivity contribution in [1.82, 2.24) is 0 Å². The standard InChI is InChI=1S/C15H16O8/c1-3-11(16)23-7-8(2)15(14(21)22)5-4-9(12(17)18)10(6-15)13(19)20/h3-5,8H,1,6-7H2,2H3,(H,17,18)(H,19,20)(H,21,22). The Hall–Kier alpha value is -2.90. The van der Waals surface area contributed by atoms with Crippen LogP contribution in [0.3, 0.4) is 0 Å². The largest absolute Gasteiger partial charge is 0.481 e. The number of carbonyl (C=O) groups is 4. The van der Waals surface area contributed by atoms with Crippen molar-refractivity contribution in [1.29, 1.82) is 0 Å². The lowest BCUT2D eigenvalue weighted by Gasteiger charge is -2.34. The molecule has 0 aromatic heterocycles. The molecule has 1 aliphatic carbocycles. The van der Waals surface area contributed by atoms with Crippen molar-refractivity contribution in [3.05, 3.63) is 36.0 Å². The summed E-state index contributed by atoms with van der Waals surface area (Å²) >= 11 is 0. The zero-order valence-corrected chi connectivity index (χ0v) is 12.3. The first-order valence-electron chi connectivity index (χ1n) is 6.57. The van der Waals surface area contributed by atoms with Gasteiger partial charge in [0.2, 0.25) is 0 Å². The molecule has 0 saturated heterocycles. The maximum atomic E-state index is 11.7. The Balaban J connectivity index is 3.19. The lowest BCUT2D eigenvalue weighted by atomic mass is 9.68. The van der Waals surface area contributed by atoms with Gasteiger partial charge < -0.3 is 20.1 Å². The van der Waals surface area contributed by atoms with Crippen molar-refractivity contribution in [3.8, 4) is 0 Å². The molecule has 0 radical (unpaired) electrons. The molecule has 0 amide bonds. The van der Waals surface area contributed by atoms with Crippen LogP contribution in [0.15, 0.2) is 36.0 Å². The number of ether oxygens (including phenoxy) is 1. The topological polar surface area (TPSA) is 138 Å². The Bertz CT molecular complexity index is 627. The number of hydrogen-bond donors (Lipinski definition) is 3. The molecular weight excluding hydrogens is 308 g/mol. The molecule has 0 heterocycles. The van der Waals surface area contributed by atoms with Gasteiger partial charge >= 0.3 is 23.9 Å². The van der Waals surface area contributed by atoms with E-state index in [-0.39, 0.29) is 6.61 Å².